The van der Waals surface area contributed by atoms with E-state index in [2.05, 4.69) is 106 Å². The number of rotatable bonds is 7. The molecule has 0 bridgehead atoms. The van der Waals surface area contributed by atoms with Crippen molar-refractivity contribution in [2.45, 2.75) is 11.8 Å². The van der Waals surface area contributed by atoms with Gasteiger partial charge in [0.25, 0.3) is 0 Å². The number of benzene rings is 3. The number of aryl methyl sites for hydroxylation is 1. The maximum absolute atomic E-state index is 3.57. The van der Waals surface area contributed by atoms with Crippen LogP contribution in [-0.2, 0) is 0 Å². The van der Waals surface area contributed by atoms with Gasteiger partial charge in [0.2, 0.25) is 0 Å². The monoisotopic (exact) mass is 407 g/mol. The third-order valence-corrected chi connectivity index (χ3v) is 8.27. The van der Waals surface area contributed by atoms with Crippen LogP contribution in [0.3, 0.4) is 0 Å². The summed E-state index contributed by atoms with van der Waals surface area (Å²) in [6, 6.07) is 30.4. The molecule has 1 aliphatic heterocycles. The fourth-order valence-electron chi connectivity index (χ4n) is 3.40. The SMILES string of the molecule is Cc1ccc(SNCCP2N(c3ccccc3)CCN2c2ccccc2)cc1. The average molecular weight is 408 g/mol. The molecule has 4 rings (SSSR count). The molecule has 28 heavy (non-hydrogen) atoms. The Labute approximate surface area is 173 Å². The van der Waals surface area contributed by atoms with Crippen LogP contribution in [0.15, 0.2) is 89.8 Å². The lowest BCUT2D eigenvalue weighted by Crippen LogP contribution is -2.21. The van der Waals surface area contributed by atoms with Crippen molar-refractivity contribution in [1.82, 2.24) is 4.72 Å². The molecule has 0 amide bonds. The summed E-state index contributed by atoms with van der Waals surface area (Å²) < 4.78 is 8.77. The van der Waals surface area contributed by atoms with Gasteiger partial charge in [-0.2, -0.15) is 0 Å². The number of para-hydroxylation sites is 2. The van der Waals surface area contributed by atoms with E-state index in [0.717, 1.165) is 25.8 Å². The van der Waals surface area contributed by atoms with Crippen LogP contribution in [0.5, 0.6) is 0 Å². The van der Waals surface area contributed by atoms with Crippen molar-refractivity contribution in [3.8, 4) is 0 Å². The smallest absolute Gasteiger partial charge is 0.0965 e. The van der Waals surface area contributed by atoms with Crippen molar-refractivity contribution < 1.29 is 0 Å². The van der Waals surface area contributed by atoms with Crippen LogP contribution in [0.4, 0.5) is 11.4 Å². The van der Waals surface area contributed by atoms with Crippen molar-refractivity contribution in [1.29, 1.82) is 0 Å². The van der Waals surface area contributed by atoms with Crippen LogP contribution >= 0.6 is 20.2 Å². The van der Waals surface area contributed by atoms with Crippen LogP contribution < -0.4 is 14.1 Å². The summed E-state index contributed by atoms with van der Waals surface area (Å²) in [6.45, 7) is 5.27. The zero-order valence-electron chi connectivity index (χ0n) is 16.2. The Morgan fingerprint density at radius 1 is 0.786 bits per heavy atom. The summed E-state index contributed by atoms with van der Waals surface area (Å²) in [5.41, 5.74) is 3.97. The van der Waals surface area contributed by atoms with Crippen LogP contribution in [0.1, 0.15) is 5.56 Å². The van der Waals surface area contributed by atoms with Crippen molar-refractivity contribution in [3.63, 3.8) is 0 Å². The van der Waals surface area contributed by atoms with E-state index in [4.69, 9.17) is 0 Å². The van der Waals surface area contributed by atoms with Gasteiger partial charge in [-0.3, -0.25) is 4.72 Å². The van der Waals surface area contributed by atoms with Gasteiger partial charge < -0.3 is 9.34 Å². The van der Waals surface area contributed by atoms with Gasteiger partial charge in [0.1, 0.15) is 0 Å². The van der Waals surface area contributed by atoms with Gasteiger partial charge in [-0.05, 0) is 55.3 Å². The van der Waals surface area contributed by atoms with Gasteiger partial charge in [-0.15, -0.1) is 0 Å². The average Bonchev–Trinajstić information content (AvgIpc) is 3.17. The van der Waals surface area contributed by atoms with E-state index in [0.29, 0.717) is 0 Å². The zero-order valence-corrected chi connectivity index (χ0v) is 17.9. The van der Waals surface area contributed by atoms with Crippen LogP contribution in [-0.4, -0.2) is 25.8 Å². The minimum atomic E-state index is -0.419. The first-order valence-corrected chi connectivity index (χ1v) is 11.9. The summed E-state index contributed by atoms with van der Waals surface area (Å²) in [6.07, 6.45) is 1.12. The van der Waals surface area contributed by atoms with E-state index in [-0.39, 0.29) is 0 Å². The molecule has 3 nitrogen and oxygen atoms in total. The van der Waals surface area contributed by atoms with Crippen molar-refractivity contribution in [3.05, 3.63) is 90.5 Å². The first-order chi connectivity index (χ1) is 13.8. The Morgan fingerprint density at radius 3 is 1.86 bits per heavy atom. The minimum absolute atomic E-state index is 0.419. The van der Waals surface area contributed by atoms with Gasteiger partial charge in [0.15, 0.2) is 0 Å². The van der Waals surface area contributed by atoms with Crippen molar-refractivity contribution in [2.24, 2.45) is 0 Å². The lowest BCUT2D eigenvalue weighted by atomic mass is 10.2. The molecule has 5 heteroatoms. The highest BCUT2D eigenvalue weighted by Gasteiger charge is 2.32. The molecule has 3 aromatic rings. The Balaban J connectivity index is 1.43. The Bertz CT molecular complexity index is 811. The van der Waals surface area contributed by atoms with E-state index >= 15 is 0 Å². The highest BCUT2D eigenvalue weighted by Crippen LogP contribution is 2.52. The Hall–Kier alpha value is -2.00. The first kappa shape index (κ1) is 19.3. The molecule has 1 heterocycles. The van der Waals surface area contributed by atoms with E-state index in [1.807, 2.05) is 0 Å². The van der Waals surface area contributed by atoms with Gasteiger partial charge in [0, 0.05) is 42.1 Å². The van der Waals surface area contributed by atoms with Crippen LogP contribution in [0.2, 0.25) is 0 Å². The molecule has 0 spiro atoms. The number of hydrogen-bond acceptors (Lipinski definition) is 4. The van der Waals surface area contributed by atoms with E-state index in [1.165, 1.54) is 21.8 Å². The minimum Gasteiger partial charge on any atom is -0.332 e. The van der Waals surface area contributed by atoms with E-state index in [9.17, 15) is 0 Å². The van der Waals surface area contributed by atoms with Crippen molar-refractivity contribution in [2.75, 3.05) is 35.1 Å². The van der Waals surface area contributed by atoms with E-state index < -0.39 is 8.22 Å². The highest BCUT2D eigenvalue weighted by atomic mass is 32.2. The Kier molecular flexibility index (Phi) is 6.53. The van der Waals surface area contributed by atoms with Crippen LogP contribution in [0.25, 0.3) is 0 Å². The molecular weight excluding hydrogens is 381 g/mol. The van der Waals surface area contributed by atoms with Crippen LogP contribution in [0, 0.1) is 6.92 Å². The van der Waals surface area contributed by atoms with E-state index in [1.54, 1.807) is 11.9 Å². The maximum Gasteiger partial charge on any atom is 0.0965 e. The third-order valence-electron chi connectivity index (χ3n) is 4.81. The second-order valence-corrected chi connectivity index (χ2v) is 9.94. The summed E-state index contributed by atoms with van der Waals surface area (Å²) in [5.74, 6) is 0. The molecule has 0 radical (unpaired) electrons. The quantitative estimate of drug-likeness (QED) is 0.297. The number of hydrogen-bond donors (Lipinski definition) is 1. The molecule has 1 N–H and O–H groups in total. The maximum atomic E-state index is 3.57. The summed E-state index contributed by atoms with van der Waals surface area (Å²) in [7, 11) is -0.419. The predicted octanol–water partition coefficient (Wildman–Crippen LogP) is 5.93. The standard InChI is InChI=1S/C23H26N3PS/c1-20-12-14-23(15-13-20)28-24-16-19-27-25(21-8-4-2-5-9-21)17-18-26(27)22-10-6-3-7-11-22/h2-15,24H,16-19H2,1H3. The molecule has 0 atom stereocenters. The number of nitrogens with one attached hydrogen (secondary N) is 1. The molecule has 0 unspecified atom stereocenters. The van der Waals surface area contributed by atoms with Gasteiger partial charge >= 0.3 is 0 Å². The molecule has 0 aliphatic carbocycles. The first-order valence-electron chi connectivity index (χ1n) is 9.70. The molecule has 3 aromatic carbocycles. The zero-order chi connectivity index (χ0) is 19.2. The molecule has 0 saturated carbocycles. The second-order valence-electron chi connectivity index (χ2n) is 6.82. The van der Waals surface area contributed by atoms with Gasteiger partial charge in [-0.1, -0.05) is 54.1 Å². The largest absolute Gasteiger partial charge is 0.332 e. The van der Waals surface area contributed by atoms with Crippen molar-refractivity contribution >= 4 is 31.5 Å². The molecule has 1 saturated heterocycles. The number of nitrogens with zero attached hydrogens (tertiary/aromatic N) is 2. The topological polar surface area (TPSA) is 18.5 Å². The third kappa shape index (κ3) is 4.70. The fourth-order valence-corrected chi connectivity index (χ4v) is 6.69. The predicted molar refractivity (Wildman–Crippen MR) is 124 cm³/mol. The van der Waals surface area contributed by atoms with Gasteiger partial charge in [0.05, 0.1) is 8.22 Å². The lowest BCUT2D eigenvalue weighted by molar-refractivity contribution is 1.02. The molecular formula is C23H26N3PS. The summed E-state index contributed by atoms with van der Waals surface area (Å²) >= 11 is 1.73. The second kappa shape index (κ2) is 9.47. The molecule has 0 aromatic heterocycles. The number of anilines is 2. The Morgan fingerprint density at radius 2 is 1.32 bits per heavy atom. The summed E-state index contributed by atoms with van der Waals surface area (Å²) in [5, 5.41) is 0. The molecule has 1 aliphatic rings. The fraction of sp³-hybridized carbons (Fsp3) is 0.217. The lowest BCUT2D eigenvalue weighted by Gasteiger charge is -2.32. The highest BCUT2D eigenvalue weighted by molar-refractivity contribution is 7.97. The molecule has 1 fully saturated rings. The van der Waals surface area contributed by atoms with Gasteiger partial charge in [-0.25, -0.2) is 0 Å². The normalized spacial score (nSPS) is 14.6. The summed E-state index contributed by atoms with van der Waals surface area (Å²) in [4.78, 5) is 1.27. The molecule has 144 valence electrons.